The Balaban J connectivity index is 0.00000128. The summed E-state index contributed by atoms with van der Waals surface area (Å²) in [6.45, 7) is 0.321. The Morgan fingerprint density at radius 2 is 1.81 bits per heavy atom. The Morgan fingerprint density at radius 3 is 2.50 bits per heavy atom. The molecule has 0 radical (unpaired) electrons. The number of aromatic hydroxyl groups is 1. The molecule has 4 heteroatoms. The van der Waals surface area contributed by atoms with Crippen LogP contribution in [0.25, 0.3) is 10.8 Å². The van der Waals surface area contributed by atoms with Crippen LogP contribution >= 0.6 is 12.4 Å². The fraction of sp³-hybridized carbons (Fsp3) is 0.167. The van der Waals surface area contributed by atoms with Gasteiger partial charge in [-0.25, -0.2) is 0 Å². The Morgan fingerprint density at radius 1 is 1.12 bits per heavy atom. The summed E-state index contributed by atoms with van der Waals surface area (Å²) in [5, 5.41) is 11.8. The van der Waals surface area contributed by atoms with Gasteiger partial charge in [0.15, 0.2) is 0 Å². The van der Waals surface area contributed by atoms with Crippen LogP contribution in [0.2, 0.25) is 0 Å². The van der Waals surface area contributed by atoms with E-state index in [1.807, 2.05) is 30.3 Å². The second-order valence-corrected chi connectivity index (χ2v) is 3.56. The highest BCUT2D eigenvalue weighted by Gasteiger charge is 2.12. The molecule has 1 atom stereocenters. The topological polar surface area (TPSA) is 72.3 Å². The molecule has 0 saturated carbocycles. The van der Waals surface area contributed by atoms with Crippen molar-refractivity contribution in [3.63, 3.8) is 0 Å². The zero-order chi connectivity index (χ0) is 10.8. The molecular formula is C12H15ClN2O. The molecule has 3 nitrogen and oxygen atoms in total. The van der Waals surface area contributed by atoms with Crippen molar-refractivity contribution in [3.8, 4) is 5.75 Å². The molecular weight excluding hydrogens is 224 g/mol. The summed E-state index contributed by atoms with van der Waals surface area (Å²) >= 11 is 0. The molecule has 0 aliphatic carbocycles. The second kappa shape index (κ2) is 5.16. The molecule has 86 valence electrons. The predicted octanol–water partition coefficient (Wildman–Crippen LogP) is 1.93. The maximum Gasteiger partial charge on any atom is 0.121 e. The lowest BCUT2D eigenvalue weighted by Crippen LogP contribution is -2.21. The van der Waals surface area contributed by atoms with E-state index in [-0.39, 0.29) is 24.2 Å². The molecule has 2 aromatic rings. The Bertz CT molecular complexity index is 487. The Labute approximate surface area is 100 Å². The third-order valence-electron chi connectivity index (χ3n) is 2.57. The number of hydrogen-bond donors (Lipinski definition) is 3. The minimum Gasteiger partial charge on any atom is -0.508 e. The third-order valence-corrected chi connectivity index (χ3v) is 2.57. The molecule has 0 saturated heterocycles. The number of halogens is 1. The molecule has 16 heavy (non-hydrogen) atoms. The van der Waals surface area contributed by atoms with Crippen LogP contribution in [-0.4, -0.2) is 11.7 Å². The SMILES string of the molecule is Cl.NC[C@@H](N)c1c(O)ccc2ccccc12. The van der Waals surface area contributed by atoms with Gasteiger partial charge in [0.25, 0.3) is 0 Å². The van der Waals surface area contributed by atoms with Crippen molar-refractivity contribution in [1.82, 2.24) is 0 Å². The molecule has 0 heterocycles. The molecule has 2 rings (SSSR count). The van der Waals surface area contributed by atoms with Gasteiger partial charge in [-0.3, -0.25) is 0 Å². The van der Waals surface area contributed by atoms with Gasteiger partial charge >= 0.3 is 0 Å². The summed E-state index contributed by atoms with van der Waals surface area (Å²) < 4.78 is 0. The fourth-order valence-corrected chi connectivity index (χ4v) is 1.79. The first-order chi connectivity index (χ1) is 7.24. The molecule has 0 aliphatic rings. The van der Waals surface area contributed by atoms with E-state index in [1.165, 1.54) is 0 Å². The standard InChI is InChI=1S/C12H14N2O.ClH/c13-7-10(14)12-9-4-2-1-3-8(9)5-6-11(12)15;/h1-6,10,15H,7,13-14H2;1H/t10-;/m1./s1. The molecule has 0 aromatic heterocycles. The van der Waals surface area contributed by atoms with Crippen molar-refractivity contribution in [2.24, 2.45) is 11.5 Å². The molecule has 5 N–H and O–H groups in total. The number of nitrogens with two attached hydrogens (primary N) is 2. The lowest BCUT2D eigenvalue weighted by Gasteiger charge is -2.14. The van der Waals surface area contributed by atoms with Crippen molar-refractivity contribution in [2.45, 2.75) is 6.04 Å². The van der Waals surface area contributed by atoms with Gasteiger partial charge in [0.2, 0.25) is 0 Å². The summed E-state index contributed by atoms with van der Waals surface area (Å²) in [7, 11) is 0. The van der Waals surface area contributed by atoms with Crippen molar-refractivity contribution < 1.29 is 5.11 Å². The van der Waals surface area contributed by atoms with Crippen LogP contribution < -0.4 is 11.5 Å². The van der Waals surface area contributed by atoms with E-state index in [9.17, 15) is 5.11 Å². The first-order valence-corrected chi connectivity index (χ1v) is 4.90. The van der Waals surface area contributed by atoms with Gasteiger partial charge in [0.1, 0.15) is 5.75 Å². The summed E-state index contributed by atoms with van der Waals surface area (Å²) in [4.78, 5) is 0. The number of hydrogen-bond acceptors (Lipinski definition) is 3. The third kappa shape index (κ3) is 2.11. The van der Waals surface area contributed by atoms with Crippen LogP contribution in [0.5, 0.6) is 5.75 Å². The molecule has 0 amide bonds. The van der Waals surface area contributed by atoms with Gasteiger partial charge in [-0.1, -0.05) is 30.3 Å². The first-order valence-electron chi connectivity index (χ1n) is 4.90. The van der Waals surface area contributed by atoms with E-state index in [0.717, 1.165) is 16.3 Å². The van der Waals surface area contributed by atoms with E-state index in [1.54, 1.807) is 6.07 Å². The van der Waals surface area contributed by atoms with E-state index < -0.39 is 0 Å². The van der Waals surface area contributed by atoms with Crippen LogP contribution in [0.3, 0.4) is 0 Å². The van der Waals surface area contributed by atoms with Crippen LogP contribution in [0.1, 0.15) is 11.6 Å². The van der Waals surface area contributed by atoms with Crippen LogP contribution in [0.15, 0.2) is 36.4 Å². The second-order valence-electron chi connectivity index (χ2n) is 3.56. The first kappa shape index (κ1) is 12.8. The highest BCUT2D eigenvalue weighted by Crippen LogP contribution is 2.30. The minimum atomic E-state index is -0.323. The summed E-state index contributed by atoms with van der Waals surface area (Å²) in [5.41, 5.74) is 12.1. The smallest absolute Gasteiger partial charge is 0.121 e. The zero-order valence-electron chi connectivity index (χ0n) is 8.76. The highest BCUT2D eigenvalue weighted by atomic mass is 35.5. The molecule has 0 aliphatic heterocycles. The number of phenols is 1. The fourth-order valence-electron chi connectivity index (χ4n) is 1.79. The number of fused-ring (bicyclic) bond motifs is 1. The Kier molecular flexibility index (Phi) is 4.12. The van der Waals surface area contributed by atoms with Crippen molar-refractivity contribution in [1.29, 1.82) is 0 Å². The molecule has 0 spiro atoms. The average molecular weight is 239 g/mol. The molecule has 0 fully saturated rings. The summed E-state index contributed by atoms with van der Waals surface area (Å²) in [6.07, 6.45) is 0. The van der Waals surface area contributed by atoms with Gasteiger partial charge in [0, 0.05) is 18.2 Å². The number of rotatable bonds is 2. The van der Waals surface area contributed by atoms with Crippen LogP contribution in [-0.2, 0) is 0 Å². The lowest BCUT2D eigenvalue weighted by molar-refractivity contribution is 0.463. The monoisotopic (exact) mass is 238 g/mol. The summed E-state index contributed by atoms with van der Waals surface area (Å²) in [5.74, 6) is 0.214. The molecule has 0 unspecified atom stereocenters. The lowest BCUT2D eigenvalue weighted by atomic mass is 9.98. The maximum atomic E-state index is 9.77. The van der Waals surface area contributed by atoms with Crippen LogP contribution in [0.4, 0.5) is 0 Å². The quantitative estimate of drug-likeness (QED) is 0.749. The van der Waals surface area contributed by atoms with E-state index in [0.29, 0.717) is 6.54 Å². The predicted molar refractivity (Wildman–Crippen MR) is 68.8 cm³/mol. The van der Waals surface area contributed by atoms with E-state index in [4.69, 9.17) is 11.5 Å². The normalized spacial score (nSPS) is 12.1. The van der Waals surface area contributed by atoms with E-state index >= 15 is 0 Å². The van der Waals surface area contributed by atoms with Gasteiger partial charge in [-0.15, -0.1) is 12.4 Å². The highest BCUT2D eigenvalue weighted by molar-refractivity contribution is 5.88. The van der Waals surface area contributed by atoms with Gasteiger partial charge in [0.05, 0.1) is 0 Å². The average Bonchev–Trinajstić information content (AvgIpc) is 2.28. The van der Waals surface area contributed by atoms with Gasteiger partial charge in [-0.05, 0) is 16.8 Å². The summed E-state index contributed by atoms with van der Waals surface area (Å²) in [6, 6.07) is 11.0. The Hall–Kier alpha value is -1.29. The largest absolute Gasteiger partial charge is 0.508 e. The van der Waals surface area contributed by atoms with Crippen LogP contribution in [0, 0.1) is 0 Å². The zero-order valence-corrected chi connectivity index (χ0v) is 9.58. The number of phenolic OH excluding ortho intramolecular Hbond substituents is 1. The van der Waals surface area contributed by atoms with E-state index in [2.05, 4.69) is 0 Å². The maximum absolute atomic E-state index is 9.77. The minimum absolute atomic E-state index is 0. The van der Waals surface area contributed by atoms with Crippen molar-refractivity contribution in [2.75, 3.05) is 6.54 Å². The van der Waals surface area contributed by atoms with Crippen molar-refractivity contribution in [3.05, 3.63) is 42.0 Å². The number of benzene rings is 2. The molecule has 2 aromatic carbocycles. The van der Waals surface area contributed by atoms with Gasteiger partial charge in [-0.2, -0.15) is 0 Å². The molecule has 0 bridgehead atoms. The van der Waals surface area contributed by atoms with Crippen molar-refractivity contribution >= 4 is 23.2 Å². The van der Waals surface area contributed by atoms with Gasteiger partial charge < -0.3 is 16.6 Å².